The van der Waals surface area contributed by atoms with Crippen molar-refractivity contribution in [2.75, 3.05) is 33.2 Å². The van der Waals surface area contributed by atoms with Gasteiger partial charge < -0.3 is 10.0 Å². The van der Waals surface area contributed by atoms with Crippen molar-refractivity contribution in [3.63, 3.8) is 0 Å². The second-order valence-electron chi connectivity index (χ2n) is 5.17. The number of piperidine rings is 1. The molecule has 1 fully saturated rings. The van der Waals surface area contributed by atoms with Crippen LogP contribution >= 0.6 is 0 Å². The predicted molar refractivity (Wildman–Crippen MR) is 64.6 cm³/mol. The summed E-state index contributed by atoms with van der Waals surface area (Å²) in [4.78, 5) is 15.1. The van der Waals surface area contributed by atoms with E-state index in [0.29, 0.717) is 12.0 Å². The highest BCUT2D eigenvalue weighted by atomic mass is 16.4. The Hall–Kier alpha value is -0.610. The molecule has 0 radical (unpaired) electrons. The van der Waals surface area contributed by atoms with Gasteiger partial charge in [0.15, 0.2) is 0 Å². The molecule has 0 unspecified atom stereocenters. The number of nitrogens with zero attached hydrogens (tertiary/aromatic N) is 2. The van der Waals surface area contributed by atoms with Gasteiger partial charge in [-0.25, -0.2) is 0 Å². The van der Waals surface area contributed by atoms with Crippen LogP contribution in [0.5, 0.6) is 0 Å². The summed E-state index contributed by atoms with van der Waals surface area (Å²) in [5.74, 6) is -0.0848. The van der Waals surface area contributed by atoms with Crippen LogP contribution in [0.25, 0.3) is 0 Å². The van der Waals surface area contributed by atoms with Crippen LogP contribution in [0.15, 0.2) is 0 Å². The molecule has 1 heterocycles. The fourth-order valence-corrected chi connectivity index (χ4v) is 2.25. The molecule has 4 heteroatoms. The van der Waals surface area contributed by atoms with E-state index in [1.165, 1.54) is 6.42 Å². The highest BCUT2D eigenvalue weighted by molar-refractivity contribution is 5.69. The van der Waals surface area contributed by atoms with Crippen molar-refractivity contribution in [2.45, 2.75) is 32.7 Å². The molecule has 0 spiro atoms. The van der Waals surface area contributed by atoms with Gasteiger partial charge in [-0.15, -0.1) is 0 Å². The monoisotopic (exact) mass is 228 g/mol. The molecule has 1 saturated heterocycles. The van der Waals surface area contributed by atoms with E-state index < -0.39 is 5.97 Å². The van der Waals surface area contributed by atoms with E-state index >= 15 is 0 Å². The van der Waals surface area contributed by atoms with E-state index in [-0.39, 0.29) is 6.54 Å². The van der Waals surface area contributed by atoms with E-state index in [0.717, 1.165) is 26.1 Å². The topological polar surface area (TPSA) is 43.8 Å². The first-order chi connectivity index (χ1) is 7.49. The Morgan fingerprint density at radius 1 is 1.56 bits per heavy atom. The van der Waals surface area contributed by atoms with Crippen LogP contribution in [0.1, 0.15) is 26.7 Å². The van der Waals surface area contributed by atoms with Gasteiger partial charge >= 0.3 is 5.97 Å². The van der Waals surface area contributed by atoms with Gasteiger partial charge in [-0.1, -0.05) is 0 Å². The molecule has 0 bridgehead atoms. The minimum absolute atomic E-state index is 0.196. The number of likely N-dealkylation sites (tertiary alicyclic amines) is 1. The maximum atomic E-state index is 10.7. The van der Waals surface area contributed by atoms with E-state index in [9.17, 15) is 4.79 Å². The van der Waals surface area contributed by atoms with Gasteiger partial charge in [-0.05, 0) is 46.2 Å². The van der Waals surface area contributed by atoms with Crippen molar-refractivity contribution in [1.29, 1.82) is 0 Å². The second kappa shape index (κ2) is 6.21. The number of carboxylic acid groups (broad SMARTS) is 1. The number of hydrogen-bond acceptors (Lipinski definition) is 3. The molecule has 0 amide bonds. The van der Waals surface area contributed by atoms with Gasteiger partial charge in [0.25, 0.3) is 0 Å². The molecule has 1 atom stereocenters. The second-order valence-corrected chi connectivity index (χ2v) is 5.17. The van der Waals surface area contributed by atoms with Crippen LogP contribution in [-0.4, -0.2) is 60.1 Å². The first-order valence-corrected chi connectivity index (χ1v) is 6.13. The summed E-state index contributed by atoms with van der Waals surface area (Å²) in [5.41, 5.74) is 0. The summed E-state index contributed by atoms with van der Waals surface area (Å²) in [5, 5.41) is 8.77. The lowest BCUT2D eigenvalue weighted by molar-refractivity contribution is -0.138. The molecule has 94 valence electrons. The summed E-state index contributed by atoms with van der Waals surface area (Å²) in [6.07, 6.45) is 2.36. The average molecular weight is 228 g/mol. The third kappa shape index (κ3) is 4.49. The van der Waals surface area contributed by atoms with E-state index in [2.05, 4.69) is 30.7 Å². The third-order valence-electron chi connectivity index (χ3n) is 3.39. The fraction of sp³-hybridized carbons (Fsp3) is 0.917. The van der Waals surface area contributed by atoms with Crippen LogP contribution in [0, 0.1) is 5.92 Å². The van der Waals surface area contributed by atoms with Crippen molar-refractivity contribution >= 4 is 5.97 Å². The maximum Gasteiger partial charge on any atom is 0.317 e. The Morgan fingerprint density at radius 3 is 2.81 bits per heavy atom. The van der Waals surface area contributed by atoms with Gasteiger partial charge in [-0.3, -0.25) is 9.69 Å². The van der Waals surface area contributed by atoms with Crippen molar-refractivity contribution in [1.82, 2.24) is 9.80 Å². The minimum atomic E-state index is -0.710. The Bertz CT molecular complexity index is 231. The van der Waals surface area contributed by atoms with Crippen LogP contribution in [0.2, 0.25) is 0 Å². The zero-order valence-corrected chi connectivity index (χ0v) is 10.6. The molecule has 4 nitrogen and oxygen atoms in total. The molecule has 0 aromatic heterocycles. The molecule has 1 rings (SSSR count). The first kappa shape index (κ1) is 13.5. The van der Waals surface area contributed by atoms with Gasteiger partial charge in [0, 0.05) is 19.1 Å². The number of hydrogen-bond donors (Lipinski definition) is 1. The van der Waals surface area contributed by atoms with Crippen molar-refractivity contribution in [2.24, 2.45) is 5.92 Å². The van der Waals surface area contributed by atoms with Crippen molar-refractivity contribution in [3.05, 3.63) is 0 Å². The van der Waals surface area contributed by atoms with Crippen LogP contribution < -0.4 is 0 Å². The molecular formula is C12H24N2O2. The van der Waals surface area contributed by atoms with Gasteiger partial charge in [0.1, 0.15) is 0 Å². The zero-order chi connectivity index (χ0) is 12.1. The third-order valence-corrected chi connectivity index (χ3v) is 3.39. The highest BCUT2D eigenvalue weighted by Gasteiger charge is 2.22. The largest absolute Gasteiger partial charge is 0.480 e. The Kier molecular flexibility index (Phi) is 5.22. The Labute approximate surface area is 98.2 Å². The smallest absolute Gasteiger partial charge is 0.317 e. The molecule has 16 heavy (non-hydrogen) atoms. The molecule has 0 aliphatic carbocycles. The highest BCUT2D eigenvalue weighted by Crippen LogP contribution is 2.17. The summed E-state index contributed by atoms with van der Waals surface area (Å²) in [7, 11) is 2.14. The number of carbonyl (C=O) groups is 1. The normalized spacial score (nSPS) is 22.9. The van der Waals surface area contributed by atoms with Crippen molar-refractivity contribution in [3.8, 4) is 0 Å². The lowest BCUT2D eigenvalue weighted by Gasteiger charge is -2.34. The molecule has 0 saturated carbocycles. The average Bonchev–Trinajstić information content (AvgIpc) is 2.16. The number of carboxylic acids is 1. The predicted octanol–water partition coefficient (Wildman–Crippen LogP) is 1.12. The summed E-state index contributed by atoms with van der Waals surface area (Å²) < 4.78 is 0. The lowest BCUT2D eigenvalue weighted by atomic mass is 9.97. The van der Waals surface area contributed by atoms with E-state index in [1.807, 2.05) is 0 Å². The Balaban J connectivity index is 2.35. The fourth-order valence-electron chi connectivity index (χ4n) is 2.25. The molecular weight excluding hydrogens is 204 g/mol. The zero-order valence-electron chi connectivity index (χ0n) is 10.6. The SMILES string of the molecule is CC(C)N(C)C[C@@H]1CCCN(CC(=O)O)C1. The van der Waals surface area contributed by atoms with Crippen molar-refractivity contribution < 1.29 is 9.90 Å². The first-order valence-electron chi connectivity index (χ1n) is 6.13. The van der Waals surface area contributed by atoms with Crippen LogP contribution in [0.4, 0.5) is 0 Å². The lowest BCUT2D eigenvalue weighted by Crippen LogP contribution is -2.43. The van der Waals surface area contributed by atoms with Crippen LogP contribution in [-0.2, 0) is 4.79 Å². The van der Waals surface area contributed by atoms with Gasteiger partial charge in [0.05, 0.1) is 6.54 Å². The minimum Gasteiger partial charge on any atom is -0.480 e. The molecule has 0 aromatic carbocycles. The maximum absolute atomic E-state index is 10.7. The molecule has 0 aromatic rings. The summed E-state index contributed by atoms with van der Waals surface area (Å²) in [6, 6.07) is 0.565. The van der Waals surface area contributed by atoms with Gasteiger partial charge in [0.2, 0.25) is 0 Å². The van der Waals surface area contributed by atoms with E-state index in [1.54, 1.807) is 0 Å². The van der Waals surface area contributed by atoms with E-state index in [4.69, 9.17) is 5.11 Å². The summed E-state index contributed by atoms with van der Waals surface area (Å²) >= 11 is 0. The van der Waals surface area contributed by atoms with Gasteiger partial charge in [-0.2, -0.15) is 0 Å². The number of aliphatic carboxylic acids is 1. The molecule has 1 aliphatic heterocycles. The Morgan fingerprint density at radius 2 is 2.25 bits per heavy atom. The van der Waals surface area contributed by atoms with Crippen LogP contribution in [0.3, 0.4) is 0 Å². The quantitative estimate of drug-likeness (QED) is 0.766. The molecule has 1 N–H and O–H groups in total. The summed E-state index contributed by atoms with van der Waals surface area (Å²) in [6.45, 7) is 7.53. The number of rotatable bonds is 5. The standard InChI is InChI=1S/C12H24N2O2/c1-10(2)13(3)7-11-5-4-6-14(8-11)9-12(15)16/h10-11H,4-9H2,1-3H3,(H,15,16)/t11-/m0/s1. The molecule has 1 aliphatic rings.